The summed E-state index contributed by atoms with van der Waals surface area (Å²) in [7, 11) is 0. The maximum Gasteiger partial charge on any atom is 0.254 e. The Labute approximate surface area is 121 Å². The Balaban J connectivity index is 2.26. The van der Waals surface area contributed by atoms with Gasteiger partial charge in [0.15, 0.2) is 17.5 Å². The summed E-state index contributed by atoms with van der Waals surface area (Å²) in [4.78, 5) is 12.2. The van der Waals surface area contributed by atoms with Crippen LogP contribution < -0.4 is 11.1 Å². The number of hydrogen-bond donors (Lipinski definition) is 2. The molecule has 2 rings (SSSR count). The first kappa shape index (κ1) is 15.8. The van der Waals surface area contributed by atoms with E-state index in [-0.39, 0.29) is 12.5 Å². The number of carbonyl (C=O) groups is 1. The lowest BCUT2D eigenvalue weighted by molar-refractivity contribution is 0.0807. The quantitative estimate of drug-likeness (QED) is 0.843. The Kier molecular flexibility index (Phi) is 4.56. The Morgan fingerprint density at radius 1 is 1.33 bits per heavy atom. The first-order valence-corrected chi connectivity index (χ1v) is 7.07. The van der Waals surface area contributed by atoms with E-state index in [1.165, 1.54) is 0 Å². The summed E-state index contributed by atoms with van der Waals surface area (Å²) in [6.45, 7) is 2.21. The molecule has 0 spiro atoms. The summed E-state index contributed by atoms with van der Waals surface area (Å²) in [5.74, 6) is -5.04. The Morgan fingerprint density at radius 2 is 2.05 bits per heavy atom. The Morgan fingerprint density at radius 3 is 2.67 bits per heavy atom. The monoisotopic (exact) mass is 300 g/mol. The van der Waals surface area contributed by atoms with Crippen molar-refractivity contribution in [3.05, 3.63) is 35.1 Å². The maximum atomic E-state index is 13.7. The highest BCUT2D eigenvalue weighted by molar-refractivity contribution is 5.95. The lowest BCUT2D eigenvalue weighted by Gasteiger charge is -2.42. The van der Waals surface area contributed by atoms with Crippen molar-refractivity contribution in [3.8, 4) is 0 Å². The summed E-state index contributed by atoms with van der Waals surface area (Å²) < 4.78 is 39.8. The van der Waals surface area contributed by atoms with E-state index in [4.69, 9.17) is 5.73 Å². The topological polar surface area (TPSA) is 55.1 Å². The molecule has 0 heterocycles. The van der Waals surface area contributed by atoms with Gasteiger partial charge in [0.2, 0.25) is 0 Å². The number of rotatable bonds is 3. The van der Waals surface area contributed by atoms with E-state index >= 15 is 0 Å². The summed E-state index contributed by atoms with van der Waals surface area (Å²) in [5, 5.41) is 2.74. The molecule has 1 aliphatic carbocycles. The van der Waals surface area contributed by atoms with Crippen molar-refractivity contribution >= 4 is 5.91 Å². The molecular weight excluding hydrogens is 281 g/mol. The van der Waals surface area contributed by atoms with Gasteiger partial charge in [0.25, 0.3) is 5.91 Å². The van der Waals surface area contributed by atoms with Crippen LogP contribution in [0.2, 0.25) is 0 Å². The van der Waals surface area contributed by atoms with Crippen molar-refractivity contribution in [2.75, 3.05) is 6.54 Å². The lowest BCUT2D eigenvalue weighted by Crippen LogP contribution is -2.59. The zero-order chi connectivity index (χ0) is 15.6. The van der Waals surface area contributed by atoms with Gasteiger partial charge in [0, 0.05) is 6.54 Å². The van der Waals surface area contributed by atoms with Crippen molar-refractivity contribution in [3.63, 3.8) is 0 Å². The van der Waals surface area contributed by atoms with E-state index in [0.717, 1.165) is 31.4 Å². The van der Waals surface area contributed by atoms with Gasteiger partial charge in [-0.15, -0.1) is 0 Å². The van der Waals surface area contributed by atoms with Crippen LogP contribution in [0, 0.1) is 23.4 Å². The molecule has 0 aliphatic heterocycles. The summed E-state index contributed by atoms with van der Waals surface area (Å²) in [6.07, 6.45) is 3.58. The molecule has 0 bridgehead atoms. The molecule has 0 aromatic heterocycles. The lowest BCUT2D eigenvalue weighted by atomic mass is 9.73. The van der Waals surface area contributed by atoms with E-state index in [1.807, 2.05) is 6.92 Å². The number of benzene rings is 1. The summed E-state index contributed by atoms with van der Waals surface area (Å²) in [6, 6.07) is 1.69. The molecule has 2 atom stereocenters. The highest BCUT2D eigenvalue weighted by Gasteiger charge is 2.39. The molecule has 1 amide bonds. The molecule has 3 N–H and O–H groups in total. The molecular formula is C15H19F3N2O. The van der Waals surface area contributed by atoms with Crippen LogP contribution in [-0.2, 0) is 0 Å². The molecule has 1 fully saturated rings. The SMILES string of the molecule is CC1CCCCC1(CN)NC(=O)c1ccc(F)c(F)c1F. The van der Waals surface area contributed by atoms with Crippen LogP contribution in [0.3, 0.4) is 0 Å². The molecule has 1 saturated carbocycles. The molecule has 3 nitrogen and oxygen atoms in total. The third kappa shape index (κ3) is 2.90. The Bertz CT molecular complexity index is 550. The molecule has 116 valence electrons. The van der Waals surface area contributed by atoms with E-state index in [0.29, 0.717) is 6.42 Å². The van der Waals surface area contributed by atoms with Gasteiger partial charge in [-0.05, 0) is 30.9 Å². The number of carbonyl (C=O) groups excluding carboxylic acids is 1. The number of nitrogens with two attached hydrogens (primary N) is 1. The standard InChI is InChI=1S/C15H19F3N2O/c1-9-4-2-3-7-15(9,8-19)20-14(21)10-5-6-11(16)13(18)12(10)17/h5-6,9H,2-4,7-8,19H2,1H3,(H,20,21). The molecule has 0 saturated heterocycles. The number of hydrogen-bond acceptors (Lipinski definition) is 2. The molecule has 0 radical (unpaired) electrons. The van der Waals surface area contributed by atoms with Gasteiger partial charge in [-0.3, -0.25) is 4.79 Å². The third-order valence-electron chi connectivity index (χ3n) is 4.46. The van der Waals surface area contributed by atoms with E-state index < -0.39 is 34.5 Å². The van der Waals surface area contributed by atoms with Crippen LogP contribution in [-0.4, -0.2) is 18.0 Å². The first-order chi connectivity index (χ1) is 9.91. The van der Waals surface area contributed by atoms with Crippen LogP contribution in [0.25, 0.3) is 0 Å². The van der Waals surface area contributed by atoms with Crippen LogP contribution in [0.15, 0.2) is 12.1 Å². The molecule has 1 aromatic carbocycles. The van der Waals surface area contributed by atoms with Gasteiger partial charge in [-0.2, -0.15) is 0 Å². The van der Waals surface area contributed by atoms with Crippen molar-refractivity contribution in [1.82, 2.24) is 5.32 Å². The van der Waals surface area contributed by atoms with Gasteiger partial charge < -0.3 is 11.1 Å². The van der Waals surface area contributed by atoms with Crippen molar-refractivity contribution in [2.24, 2.45) is 11.7 Å². The number of amides is 1. The number of nitrogens with one attached hydrogen (secondary N) is 1. The molecule has 1 aliphatic rings. The fraction of sp³-hybridized carbons (Fsp3) is 0.533. The van der Waals surface area contributed by atoms with Crippen molar-refractivity contribution in [2.45, 2.75) is 38.1 Å². The predicted molar refractivity (Wildman–Crippen MR) is 73.2 cm³/mol. The number of halogens is 3. The van der Waals surface area contributed by atoms with Crippen molar-refractivity contribution in [1.29, 1.82) is 0 Å². The second-order valence-electron chi connectivity index (χ2n) is 5.68. The van der Waals surface area contributed by atoms with Gasteiger partial charge >= 0.3 is 0 Å². The fourth-order valence-electron chi connectivity index (χ4n) is 2.95. The summed E-state index contributed by atoms with van der Waals surface area (Å²) in [5.41, 5.74) is 4.69. The molecule has 1 aromatic rings. The third-order valence-corrected chi connectivity index (χ3v) is 4.46. The minimum Gasteiger partial charge on any atom is -0.345 e. The fourth-order valence-corrected chi connectivity index (χ4v) is 2.95. The predicted octanol–water partition coefficient (Wildman–Crippen LogP) is 2.74. The summed E-state index contributed by atoms with van der Waals surface area (Å²) >= 11 is 0. The maximum absolute atomic E-state index is 13.7. The minimum absolute atomic E-state index is 0.147. The average molecular weight is 300 g/mol. The van der Waals surface area contributed by atoms with Gasteiger partial charge in [-0.1, -0.05) is 19.8 Å². The van der Waals surface area contributed by atoms with Crippen LogP contribution >= 0.6 is 0 Å². The second-order valence-corrected chi connectivity index (χ2v) is 5.68. The highest BCUT2D eigenvalue weighted by atomic mass is 19.2. The Hall–Kier alpha value is -1.56. The van der Waals surface area contributed by atoms with Crippen LogP contribution in [0.5, 0.6) is 0 Å². The molecule has 2 unspecified atom stereocenters. The van der Waals surface area contributed by atoms with Crippen LogP contribution in [0.1, 0.15) is 43.0 Å². The largest absolute Gasteiger partial charge is 0.345 e. The van der Waals surface area contributed by atoms with Gasteiger partial charge in [-0.25, -0.2) is 13.2 Å². The van der Waals surface area contributed by atoms with E-state index in [2.05, 4.69) is 5.32 Å². The normalized spacial score (nSPS) is 25.7. The van der Waals surface area contributed by atoms with Gasteiger partial charge in [0.05, 0.1) is 11.1 Å². The second kappa shape index (κ2) is 6.05. The smallest absolute Gasteiger partial charge is 0.254 e. The van der Waals surface area contributed by atoms with Crippen LogP contribution in [0.4, 0.5) is 13.2 Å². The zero-order valence-electron chi connectivity index (χ0n) is 11.9. The molecule has 6 heteroatoms. The minimum atomic E-state index is -1.64. The van der Waals surface area contributed by atoms with Gasteiger partial charge in [0.1, 0.15) is 0 Å². The first-order valence-electron chi connectivity index (χ1n) is 7.07. The average Bonchev–Trinajstić information content (AvgIpc) is 2.47. The van der Waals surface area contributed by atoms with E-state index in [1.54, 1.807) is 0 Å². The highest BCUT2D eigenvalue weighted by Crippen LogP contribution is 2.33. The van der Waals surface area contributed by atoms with E-state index in [9.17, 15) is 18.0 Å². The van der Waals surface area contributed by atoms with Crippen molar-refractivity contribution < 1.29 is 18.0 Å². The molecule has 21 heavy (non-hydrogen) atoms. The zero-order valence-corrected chi connectivity index (χ0v) is 11.9.